The number of benzene rings is 2. The molecule has 9 rings (SSSR count). The summed E-state index contributed by atoms with van der Waals surface area (Å²) < 4.78 is 41.7. The fourth-order valence-corrected chi connectivity index (χ4v) is 11.8. The Morgan fingerprint density at radius 3 is 2.50 bits per heavy atom. The molecule has 0 radical (unpaired) electrons. The van der Waals surface area contributed by atoms with E-state index in [9.17, 15) is 28.4 Å². The first-order chi connectivity index (χ1) is 31.6. The molecule has 3 aromatic heterocycles. The van der Waals surface area contributed by atoms with Gasteiger partial charge in [-0.05, 0) is 117 Å². The number of nitrogens with zero attached hydrogens (tertiary/aromatic N) is 5. The van der Waals surface area contributed by atoms with Crippen LogP contribution in [0.15, 0.2) is 78.0 Å². The summed E-state index contributed by atoms with van der Waals surface area (Å²) in [6.07, 6.45) is 11.2. The zero-order chi connectivity index (χ0) is 46.4. The number of nitrogens with one attached hydrogen (secondary N) is 3. The minimum atomic E-state index is -4.66. The molecule has 4 N–H and O–H groups in total. The van der Waals surface area contributed by atoms with Gasteiger partial charge in [-0.3, -0.25) is 19.8 Å². The molecule has 2 aliphatic carbocycles. The number of pyridine rings is 2. The van der Waals surface area contributed by atoms with Gasteiger partial charge in [-0.2, -0.15) is 4.98 Å². The highest BCUT2D eigenvalue weighted by Crippen LogP contribution is 2.49. The van der Waals surface area contributed by atoms with Gasteiger partial charge in [0, 0.05) is 68.2 Å². The van der Waals surface area contributed by atoms with Crippen LogP contribution in [0.2, 0.25) is 0 Å². The number of likely N-dealkylation sites (tertiary alicyclic amines) is 1. The van der Waals surface area contributed by atoms with Gasteiger partial charge in [0.1, 0.15) is 16.3 Å². The number of rotatable bonds is 14. The smallest absolute Gasteiger partial charge is 0.312 e. The van der Waals surface area contributed by atoms with E-state index in [-0.39, 0.29) is 40.1 Å². The fraction of sp³-hybridized carbons (Fsp3) is 0.490. The number of aromatic nitrogens is 3. The molecule has 16 nitrogen and oxygen atoms in total. The normalized spacial score (nSPS) is 23.2. The first-order valence-corrected chi connectivity index (χ1v) is 24.7. The Bertz CT molecular complexity index is 2710. The number of hydrogen-bond acceptors (Lipinski definition) is 13. The average molecular weight is 921 g/mol. The Hall–Kier alpha value is -5.78. The second-order valence-electron chi connectivity index (χ2n) is 19.5. The van der Waals surface area contributed by atoms with Crippen molar-refractivity contribution < 1.29 is 32.7 Å². The molecule has 0 bridgehead atoms. The number of anilines is 2. The highest BCUT2D eigenvalue weighted by molar-refractivity contribution is 7.90. The third-order valence-electron chi connectivity index (χ3n) is 14.6. The number of amides is 1. The lowest BCUT2D eigenvalue weighted by molar-refractivity contribution is -0.384. The van der Waals surface area contributed by atoms with Crippen molar-refractivity contribution in [3.05, 3.63) is 99.9 Å². The Balaban J connectivity index is 0.918. The van der Waals surface area contributed by atoms with Crippen molar-refractivity contribution in [2.75, 3.05) is 50.1 Å². The molecule has 350 valence electrons. The summed E-state index contributed by atoms with van der Waals surface area (Å²) in [5.41, 5.74) is 3.26. The SMILES string of the molecule is COc1nc2[nH]ccc2cc1Oc1cc(N2CCC3(CC2)CN([C@H]2CCC[C@H]2c2ccccc2C(C)C)C3)ccc1C(=O)NS(=O)(=O)c1cnc(NCC2CCC(C)(O)CC2)c([N+](=O)[O-])c1. The van der Waals surface area contributed by atoms with Gasteiger partial charge in [-0.15, -0.1) is 0 Å². The van der Waals surface area contributed by atoms with E-state index >= 15 is 0 Å². The van der Waals surface area contributed by atoms with E-state index < -0.39 is 37.0 Å². The van der Waals surface area contributed by atoms with Gasteiger partial charge < -0.3 is 29.8 Å². The minimum absolute atomic E-state index is 0.0760. The second-order valence-corrected chi connectivity index (χ2v) is 21.2. The average Bonchev–Trinajstić information content (AvgIpc) is 3.97. The van der Waals surface area contributed by atoms with E-state index in [2.05, 4.69) is 72.9 Å². The summed E-state index contributed by atoms with van der Waals surface area (Å²) in [5.74, 6) is 0.576. The number of methoxy groups -OCH3 is 1. The van der Waals surface area contributed by atoms with Gasteiger partial charge >= 0.3 is 5.69 Å². The van der Waals surface area contributed by atoms with E-state index in [4.69, 9.17) is 9.47 Å². The van der Waals surface area contributed by atoms with Crippen LogP contribution in [0.3, 0.4) is 0 Å². The van der Waals surface area contributed by atoms with Crippen LogP contribution in [0.4, 0.5) is 17.2 Å². The van der Waals surface area contributed by atoms with Crippen LogP contribution in [-0.2, 0) is 10.0 Å². The molecule has 17 heteroatoms. The number of carbonyl (C=O) groups is 1. The molecule has 5 aromatic rings. The van der Waals surface area contributed by atoms with Gasteiger partial charge in [-0.25, -0.2) is 18.1 Å². The van der Waals surface area contributed by atoms with Crippen molar-refractivity contribution in [2.24, 2.45) is 11.3 Å². The fourth-order valence-electron chi connectivity index (χ4n) is 10.8. The number of hydrogen-bond donors (Lipinski definition) is 4. The highest BCUT2D eigenvalue weighted by Gasteiger charge is 2.49. The van der Waals surface area contributed by atoms with Crippen molar-refractivity contribution in [1.29, 1.82) is 0 Å². The quantitative estimate of drug-likeness (QED) is 0.0610. The summed E-state index contributed by atoms with van der Waals surface area (Å²) in [4.78, 5) is 41.7. The Kier molecular flexibility index (Phi) is 12.5. The van der Waals surface area contributed by atoms with Crippen LogP contribution < -0.4 is 24.4 Å². The van der Waals surface area contributed by atoms with Crippen LogP contribution in [0.5, 0.6) is 17.4 Å². The number of aromatic amines is 1. The molecule has 1 amide bonds. The number of ether oxygens (including phenoxy) is 2. The van der Waals surface area contributed by atoms with Crippen LogP contribution in [0, 0.1) is 21.4 Å². The zero-order valence-electron chi connectivity index (χ0n) is 38.1. The summed E-state index contributed by atoms with van der Waals surface area (Å²) in [7, 11) is -3.21. The molecular formula is C49H60N8O8S. The number of piperidine rings is 1. The van der Waals surface area contributed by atoms with E-state index in [0.29, 0.717) is 42.9 Å². The predicted molar refractivity (Wildman–Crippen MR) is 252 cm³/mol. The highest BCUT2D eigenvalue weighted by atomic mass is 32.2. The van der Waals surface area contributed by atoms with E-state index in [1.807, 2.05) is 6.07 Å². The number of aliphatic hydroxyl groups is 1. The molecule has 2 saturated heterocycles. The largest absolute Gasteiger partial charge is 0.478 e. The molecule has 1 spiro atoms. The standard InChI is InChI=1S/C49H60N8O8S/c1-31(2)36-8-5-6-9-37(36)38-10-7-11-40(38)56-29-49(30-56)19-22-55(23-20-49)34-12-13-39(42(25-34)65-43-24-33-16-21-50-44(33)53-47(43)64-4)46(58)54-66(62,63)35-26-41(57(60)61)45(52-28-35)51-27-32-14-17-48(3,59)18-15-32/h5-6,8-9,12-13,16,21,24-26,28,31-32,38,40,59H,7,10-11,14-15,17-20,22-23,27,29-30H2,1-4H3,(H,50,53)(H,51,52)(H,54,58)/t32?,38-,40-,48?/m0/s1. The molecule has 2 aromatic carbocycles. The molecule has 66 heavy (non-hydrogen) atoms. The molecule has 2 aliphatic heterocycles. The van der Waals surface area contributed by atoms with Crippen molar-refractivity contribution in [2.45, 2.75) is 107 Å². The predicted octanol–water partition coefficient (Wildman–Crippen LogP) is 8.50. The maximum atomic E-state index is 14.1. The van der Waals surface area contributed by atoms with Crippen LogP contribution in [0.1, 0.15) is 112 Å². The third kappa shape index (κ3) is 9.29. The van der Waals surface area contributed by atoms with Crippen LogP contribution >= 0.6 is 0 Å². The van der Waals surface area contributed by atoms with Gasteiger partial charge in [0.15, 0.2) is 5.75 Å². The first-order valence-electron chi connectivity index (χ1n) is 23.2. The van der Waals surface area contributed by atoms with E-state index in [1.165, 1.54) is 43.6 Å². The molecule has 4 fully saturated rings. The lowest BCUT2D eigenvalue weighted by Gasteiger charge is -2.57. The van der Waals surface area contributed by atoms with Gasteiger partial charge in [-0.1, -0.05) is 44.5 Å². The first kappa shape index (κ1) is 45.4. The monoisotopic (exact) mass is 920 g/mol. The van der Waals surface area contributed by atoms with Gasteiger partial charge in [0.2, 0.25) is 5.82 Å². The summed E-state index contributed by atoms with van der Waals surface area (Å²) >= 11 is 0. The van der Waals surface area contributed by atoms with Crippen LogP contribution in [0.25, 0.3) is 11.0 Å². The molecule has 0 unspecified atom stereocenters. The van der Waals surface area contributed by atoms with Gasteiger partial charge in [0.25, 0.3) is 21.8 Å². The van der Waals surface area contributed by atoms with E-state index in [1.54, 1.807) is 31.3 Å². The molecular weight excluding hydrogens is 861 g/mol. The van der Waals surface area contributed by atoms with Crippen molar-refractivity contribution >= 4 is 44.2 Å². The number of fused-ring (bicyclic) bond motifs is 1. The number of nitro groups is 1. The summed E-state index contributed by atoms with van der Waals surface area (Å²) in [6, 6.07) is 19.1. The Morgan fingerprint density at radius 2 is 1.77 bits per heavy atom. The number of H-pyrrole nitrogens is 1. The topological polar surface area (TPSA) is 205 Å². The summed E-state index contributed by atoms with van der Waals surface area (Å²) in [5, 5.41) is 26.2. The molecule has 4 aliphatic rings. The number of carbonyl (C=O) groups excluding carboxylic acids is 1. The lowest BCUT2D eigenvalue weighted by Crippen LogP contribution is -2.63. The third-order valence-corrected chi connectivity index (χ3v) is 15.9. The minimum Gasteiger partial charge on any atom is -0.478 e. The van der Waals surface area contributed by atoms with Crippen molar-refractivity contribution in [3.8, 4) is 17.4 Å². The van der Waals surface area contributed by atoms with Gasteiger partial charge in [0.05, 0.1) is 29.4 Å². The Morgan fingerprint density at radius 1 is 1.02 bits per heavy atom. The molecule has 2 atom stereocenters. The van der Waals surface area contributed by atoms with Crippen molar-refractivity contribution in [3.63, 3.8) is 0 Å². The number of sulfonamides is 1. The molecule has 5 heterocycles. The molecule has 2 saturated carbocycles. The lowest BCUT2D eigenvalue weighted by atomic mass is 9.70. The zero-order valence-corrected chi connectivity index (χ0v) is 38.9. The van der Waals surface area contributed by atoms with E-state index in [0.717, 1.165) is 75.2 Å². The van der Waals surface area contributed by atoms with Crippen molar-refractivity contribution in [1.82, 2.24) is 24.6 Å². The Labute approximate surface area is 385 Å². The maximum Gasteiger partial charge on any atom is 0.312 e. The summed E-state index contributed by atoms with van der Waals surface area (Å²) in [6.45, 7) is 10.5. The van der Waals surface area contributed by atoms with Crippen LogP contribution in [-0.4, -0.2) is 95.7 Å². The maximum absolute atomic E-state index is 14.1. The second kappa shape index (κ2) is 18.1.